The van der Waals surface area contributed by atoms with Crippen LogP contribution >= 0.6 is 11.6 Å². The van der Waals surface area contributed by atoms with Crippen molar-refractivity contribution in [2.45, 2.75) is 0 Å². The maximum absolute atomic E-state index is 11.7. The topological polar surface area (TPSA) is 106 Å². The summed E-state index contributed by atoms with van der Waals surface area (Å²) in [6.45, 7) is 0. The molecule has 0 radical (unpaired) electrons. The number of aromatic nitrogens is 3. The summed E-state index contributed by atoms with van der Waals surface area (Å²) in [6.07, 6.45) is 4.27. The molecule has 8 heteroatoms. The van der Waals surface area contributed by atoms with Gasteiger partial charge in [0.2, 0.25) is 0 Å². The van der Waals surface area contributed by atoms with Gasteiger partial charge in [0.05, 0.1) is 0 Å². The number of hydrazine groups is 1. The molecule has 7 nitrogen and oxygen atoms in total. The van der Waals surface area contributed by atoms with Gasteiger partial charge in [0.1, 0.15) is 12.0 Å². The third-order valence-electron chi connectivity index (χ3n) is 2.07. The lowest BCUT2D eigenvalue weighted by Crippen LogP contribution is -2.30. The molecule has 0 bridgehead atoms. The van der Waals surface area contributed by atoms with Gasteiger partial charge in [0.25, 0.3) is 5.91 Å². The summed E-state index contributed by atoms with van der Waals surface area (Å²) in [5, 5.41) is 0.116. The molecule has 0 unspecified atom stereocenters. The van der Waals surface area contributed by atoms with Crippen LogP contribution in [0.15, 0.2) is 30.9 Å². The van der Waals surface area contributed by atoms with Gasteiger partial charge in [-0.05, 0) is 12.1 Å². The van der Waals surface area contributed by atoms with E-state index in [0.29, 0.717) is 5.56 Å². The third kappa shape index (κ3) is 2.64. The molecule has 0 aliphatic rings. The van der Waals surface area contributed by atoms with E-state index in [1.54, 1.807) is 12.1 Å². The Morgan fingerprint density at radius 1 is 1.28 bits per heavy atom. The Hall–Kier alpha value is -2.41. The average molecular weight is 265 g/mol. The van der Waals surface area contributed by atoms with Crippen LogP contribution in [0.4, 0.5) is 11.5 Å². The summed E-state index contributed by atoms with van der Waals surface area (Å²) in [5.41, 5.74) is 11.3. The molecule has 2 rings (SSSR count). The Morgan fingerprint density at radius 2 is 2.00 bits per heavy atom. The molecule has 92 valence electrons. The normalized spacial score (nSPS) is 9.83. The van der Waals surface area contributed by atoms with Crippen molar-refractivity contribution in [3.63, 3.8) is 0 Å². The minimum Gasteiger partial charge on any atom is -0.393 e. The first-order valence-corrected chi connectivity index (χ1v) is 5.28. The van der Waals surface area contributed by atoms with E-state index in [2.05, 4.69) is 25.8 Å². The Bertz CT molecular complexity index is 562. The van der Waals surface area contributed by atoms with Crippen molar-refractivity contribution < 1.29 is 4.79 Å². The number of carbonyl (C=O) groups excluding carboxylic acids is 1. The molecule has 0 aliphatic carbocycles. The summed E-state index contributed by atoms with van der Waals surface area (Å²) >= 11 is 5.71. The SMILES string of the molecule is Nc1c(Cl)ncnc1NNC(=O)c1ccncc1. The van der Waals surface area contributed by atoms with Crippen LogP contribution in [-0.4, -0.2) is 20.9 Å². The number of nitrogens with two attached hydrogens (primary N) is 1. The second-order valence-corrected chi connectivity index (χ2v) is 3.60. The molecule has 0 aromatic carbocycles. The summed E-state index contributed by atoms with van der Waals surface area (Å²) < 4.78 is 0. The zero-order valence-corrected chi connectivity index (χ0v) is 9.85. The minimum atomic E-state index is -0.341. The molecule has 2 aromatic rings. The first kappa shape index (κ1) is 12.1. The van der Waals surface area contributed by atoms with E-state index in [1.807, 2.05) is 0 Å². The number of hydrogen-bond acceptors (Lipinski definition) is 6. The van der Waals surface area contributed by atoms with E-state index in [-0.39, 0.29) is 22.6 Å². The van der Waals surface area contributed by atoms with Gasteiger partial charge < -0.3 is 5.73 Å². The predicted molar refractivity (Wildman–Crippen MR) is 66.8 cm³/mol. The van der Waals surface area contributed by atoms with Crippen molar-refractivity contribution in [1.82, 2.24) is 20.4 Å². The van der Waals surface area contributed by atoms with Crippen LogP contribution in [0.1, 0.15) is 10.4 Å². The van der Waals surface area contributed by atoms with Crippen LogP contribution < -0.4 is 16.6 Å². The highest BCUT2D eigenvalue weighted by atomic mass is 35.5. The molecular formula is C10H9ClN6O. The number of amides is 1. The Labute approximate surface area is 107 Å². The molecule has 0 spiro atoms. The number of carbonyl (C=O) groups is 1. The lowest BCUT2D eigenvalue weighted by Gasteiger charge is -2.09. The van der Waals surface area contributed by atoms with Gasteiger partial charge in [0, 0.05) is 18.0 Å². The smallest absolute Gasteiger partial charge is 0.269 e. The summed E-state index contributed by atoms with van der Waals surface area (Å²) in [5.74, 6) is -0.107. The zero-order valence-electron chi connectivity index (χ0n) is 9.09. The molecule has 0 saturated heterocycles. The van der Waals surface area contributed by atoms with E-state index in [9.17, 15) is 4.79 Å². The molecule has 2 aromatic heterocycles. The number of hydrogen-bond donors (Lipinski definition) is 3. The van der Waals surface area contributed by atoms with Crippen molar-refractivity contribution in [1.29, 1.82) is 0 Å². The van der Waals surface area contributed by atoms with Crippen molar-refractivity contribution in [2.24, 2.45) is 0 Å². The van der Waals surface area contributed by atoms with Crippen molar-refractivity contribution in [3.05, 3.63) is 41.6 Å². The van der Waals surface area contributed by atoms with Gasteiger partial charge in [-0.3, -0.25) is 20.6 Å². The van der Waals surface area contributed by atoms with Gasteiger partial charge in [-0.1, -0.05) is 11.6 Å². The van der Waals surface area contributed by atoms with Crippen molar-refractivity contribution in [2.75, 3.05) is 11.2 Å². The maximum Gasteiger partial charge on any atom is 0.269 e. The average Bonchev–Trinajstić information content (AvgIpc) is 2.41. The van der Waals surface area contributed by atoms with Crippen molar-refractivity contribution >= 4 is 29.0 Å². The van der Waals surface area contributed by atoms with Gasteiger partial charge in [0.15, 0.2) is 11.0 Å². The predicted octanol–water partition coefficient (Wildman–Crippen LogP) is 0.864. The molecule has 0 aliphatic heterocycles. The fraction of sp³-hybridized carbons (Fsp3) is 0. The number of rotatable bonds is 3. The maximum atomic E-state index is 11.7. The fourth-order valence-electron chi connectivity index (χ4n) is 1.17. The van der Waals surface area contributed by atoms with E-state index < -0.39 is 0 Å². The molecular weight excluding hydrogens is 256 g/mol. The van der Waals surface area contributed by atoms with Gasteiger partial charge in [-0.25, -0.2) is 9.97 Å². The van der Waals surface area contributed by atoms with E-state index >= 15 is 0 Å². The van der Waals surface area contributed by atoms with Gasteiger partial charge >= 0.3 is 0 Å². The summed E-state index contributed by atoms with van der Waals surface area (Å²) in [6, 6.07) is 3.15. The second kappa shape index (κ2) is 5.28. The highest BCUT2D eigenvalue weighted by molar-refractivity contribution is 6.32. The molecule has 0 atom stereocenters. The molecule has 2 heterocycles. The van der Waals surface area contributed by atoms with Crippen LogP contribution in [-0.2, 0) is 0 Å². The number of anilines is 2. The Kier molecular flexibility index (Phi) is 3.54. The standard InChI is InChI=1S/C10H9ClN6O/c11-8-7(12)9(15-5-14-8)16-17-10(18)6-1-3-13-4-2-6/h1-5H,12H2,(H,17,18)(H,14,15,16). The largest absolute Gasteiger partial charge is 0.393 e. The Morgan fingerprint density at radius 3 is 2.72 bits per heavy atom. The molecule has 0 saturated carbocycles. The van der Waals surface area contributed by atoms with Crippen LogP contribution in [0.3, 0.4) is 0 Å². The minimum absolute atomic E-state index is 0.116. The monoisotopic (exact) mass is 264 g/mol. The first-order chi connectivity index (χ1) is 8.68. The zero-order chi connectivity index (χ0) is 13.0. The van der Waals surface area contributed by atoms with Crippen molar-refractivity contribution in [3.8, 4) is 0 Å². The number of pyridine rings is 1. The lowest BCUT2D eigenvalue weighted by molar-refractivity contribution is 0.0962. The van der Waals surface area contributed by atoms with E-state index in [1.165, 1.54) is 18.7 Å². The van der Waals surface area contributed by atoms with Crippen LogP contribution in [0.5, 0.6) is 0 Å². The molecule has 1 amide bonds. The Balaban J connectivity index is 2.04. The van der Waals surface area contributed by atoms with E-state index in [4.69, 9.17) is 17.3 Å². The summed E-state index contributed by atoms with van der Waals surface area (Å²) in [7, 11) is 0. The summed E-state index contributed by atoms with van der Waals surface area (Å²) in [4.78, 5) is 23.0. The van der Waals surface area contributed by atoms with E-state index in [0.717, 1.165) is 0 Å². The first-order valence-electron chi connectivity index (χ1n) is 4.91. The molecule has 0 fully saturated rings. The highest BCUT2D eigenvalue weighted by Crippen LogP contribution is 2.20. The third-order valence-corrected chi connectivity index (χ3v) is 2.37. The number of halogens is 1. The van der Waals surface area contributed by atoms with Crippen LogP contribution in [0, 0.1) is 0 Å². The highest BCUT2D eigenvalue weighted by Gasteiger charge is 2.08. The van der Waals surface area contributed by atoms with Gasteiger partial charge in [-0.2, -0.15) is 0 Å². The molecule has 4 N–H and O–H groups in total. The molecule has 18 heavy (non-hydrogen) atoms. The number of nitrogen functional groups attached to an aromatic ring is 1. The fourth-order valence-corrected chi connectivity index (χ4v) is 1.30. The quantitative estimate of drug-likeness (QED) is 0.561. The number of nitrogens with one attached hydrogen (secondary N) is 2. The second-order valence-electron chi connectivity index (χ2n) is 3.24. The number of nitrogens with zero attached hydrogens (tertiary/aromatic N) is 3. The van der Waals surface area contributed by atoms with Gasteiger partial charge in [-0.15, -0.1) is 0 Å². The lowest BCUT2D eigenvalue weighted by atomic mass is 10.3. The van der Waals surface area contributed by atoms with Crippen LogP contribution in [0.2, 0.25) is 5.15 Å². The van der Waals surface area contributed by atoms with Crippen LogP contribution in [0.25, 0.3) is 0 Å².